The Balaban J connectivity index is 2.30. The number of likely N-dealkylation sites (N-methyl/N-ethyl adjacent to an activating group) is 2. The summed E-state index contributed by atoms with van der Waals surface area (Å²) >= 11 is 0. The van der Waals surface area contributed by atoms with Gasteiger partial charge in [0.25, 0.3) is 0 Å². The van der Waals surface area contributed by atoms with Gasteiger partial charge in [-0.2, -0.15) is 0 Å². The molecule has 1 fully saturated rings. The van der Waals surface area contributed by atoms with Gasteiger partial charge in [-0.15, -0.1) is 0 Å². The molecule has 1 rings (SSSR count). The number of hydrogen-bond acceptors (Lipinski definition) is 5. The largest absolute Gasteiger partial charge is 0.347 e. The molecule has 104 valence electrons. The van der Waals surface area contributed by atoms with Crippen LogP contribution in [0.5, 0.6) is 0 Å². The molecule has 1 aliphatic heterocycles. The molecule has 7 heteroatoms. The van der Waals surface area contributed by atoms with E-state index in [1.54, 1.807) is 0 Å². The Bertz CT molecular complexity index is 297. The van der Waals surface area contributed by atoms with Crippen molar-refractivity contribution >= 4 is 11.8 Å². The van der Waals surface area contributed by atoms with Crippen molar-refractivity contribution in [2.24, 2.45) is 5.73 Å². The predicted molar refractivity (Wildman–Crippen MR) is 69.0 cm³/mol. The standard InChI is InChI=1S/C11H23N5O2/c1-15-5-6-16(2)9(8-15)7-14-11(18)10(17)13-4-3-12/h9H,3-8,12H2,1-2H3,(H,13,17)(H,14,18). The summed E-state index contributed by atoms with van der Waals surface area (Å²) in [5, 5.41) is 5.09. The van der Waals surface area contributed by atoms with E-state index in [2.05, 4.69) is 27.5 Å². The summed E-state index contributed by atoms with van der Waals surface area (Å²) in [6.07, 6.45) is 0. The van der Waals surface area contributed by atoms with Crippen molar-refractivity contribution in [1.82, 2.24) is 20.4 Å². The van der Waals surface area contributed by atoms with Gasteiger partial charge in [-0.25, -0.2) is 0 Å². The van der Waals surface area contributed by atoms with Crippen molar-refractivity contribution < 1.29 is 9.59 Å². The van der Waals surface area contributed by atoms with Crippen LogP contribution in [0.25, 0.3) is 0 Å². The minimum Gasteiger partial charge on any atom is -0.347 e. The summed E-state index contributed by atoms with van der Waals surface area (Å²) in [7, 11) is 4.08. The monoisotopic (exact) mass is 257 g/mol. The van der Waals surface area contributed by atoms with Crippen LogP contribution in [0.2, 0.25) is 0 Å². The lowest BCUT2D eigenvalue weighted by molar-refractivity contribution is -0.139. The molecule has 0 aliphatic carbocycles. The molecular weight excluding hydrogens is 234 g/mol. The van der Waals surface area contributed by atoms with Crippen LogP contribution >= 0.6 is 0 Å². The van der Waals surface area contributed by atoms with E-state index in [1.807, 2.05) is 7.05 Å². The van der Waals surface area contributed by atoms with Gasteiger partial charge >= 0.3 is 11.8 Å². The van der Waals surface area contributed by atoms with E-state index in [4.69, 9.17) is 5.73 Å². The van der Waals surface area contributed by atoms with Crippen molar-refractivity contribution in [2.75, 3.05) is 53.4 Å². The molecule has 0 radical (unpaired) electrons. The molecule has 0 aromatic rings. The number of nitrogens with zero attached hydrogens (tertiary/aromatic N) is 2. The van der Waals surface area contributed by atoms with Crippen LogP contribution in [0, 0.1) is 0 Å². The zero-order valence-electron chi connectivity index (χ0n) is 11.1. The fourth-order valence-electron chi connectivity index (χ4n) is 1.88. The average Bonchev–Trinajstić information content (AvgIpc) is 2.36. The molecule has 1 aliphatic rings. The third-order valence-corrected chi connectivity index (χ3v) is 3.11. The highest BCUT2D eigenvalue weighted by molar-refractivity contribution is 6.35. The second-order valence-electron chi connectivity index (χ2n) is 4.65. The quantitative estimate of drug-likeness (QED) is 0.481. The van der Waals surface area contributed by atoms with Gasteiger partial charge in [-0.05, 0) is 14.1 Å². The Labute approximate surface area is 108 Å². The van der Waals surface area contributed by atoms with Gasteiger partial charge in [0.05, 0.1) is 0 Å². The van der Waals surface area contributed by atoms with Crippen LogP contribution in [0.1, 0.15) is 0 Å². The summed E-state index contributed by atoms with van der Waals surface area (Å²) in [5.74, 6) is -1.21. The number of amides is 2. The molecule has 0 aromatic carbocycles. The molecule has 1 saturated heterocycles. The van der Waals surface area contributed by atoms with Crippen LogP contribution in [0.4, 0.5) is 0 Å². The van der Waals surface area contributed by atoms with Gasteiger partial charge in [0.2, 0.25) is 0 Å². The van der Waals surface area contributed by atoms with Gasteiger partial charge < -0.3 is 21.3 Å². The first kappa shape index (κ1) is 14.9. The molecular formula is C11H23N5O2. The van der Waals surface area contributed by atoms with Crippen molar-refractivity contribution in [3.63, 3.8) is 0 Å². The van der Waals surface area contributed by atoms with E-state index in [-0.39, 0.29) is 6.04 Å². The third-order valence-electron chi connectivity index (χ3n) is 3.11. The molecule has 1 atom stereocenters. The molecule has 4 N–H and O–H groups in total. The van der Waals surface area contributed by atoms with Crippen molar-refractivity contribution in [1.29, 1.82) is 0 Å². The van der Waals surface area contributed by atoms with Crippen LogP contribution in [-0.4, -0.2) is 81.0 Å². The van der Waals surface area contributed by atoms with Crippen molar-refractivity contribution in [2.45, 2.75) is 6.04 Å². The van der Waals surface area contributed by atoms with Gasteiger partial charge in [0.1, 0.15) is 0 Å². The Morgan fingerprint density at radius 2 is 1.89 bits per heavy atom. The van der Waals surface area contributed by atoms with Crippen LogP contribution in [0.3, 0.4) is 0 Å². The second-order valence-corrected chi connectivity index (χ2v) is 4.65. The normalized spacial score (nSPS) is 21.6. The topological polar surface area (TPSA) is 90.7 Å². The summed E-state index contributed by atoms with van der Waals surface area (Å²) in [4.78, 5) is 27.2. The van der Waals surface area contributed by atoms with Crippen LogP contribution < -0.4 is 16.4 Å². The maximum absolute atomic E-state index is 11.5. The maximum atomic E-state index is 11.5. The second kappa shape index (κ2) is 7.30. The number of hydrogen-bond donors (Lipinski definition) is 3. The highest BCUT2D eigenvalue weighted by atomic mass is 16.2. The zero-order chi connectivity index (χ0) is 13.5. The molecule has 0 saturated carbocycles. The summed E-state index contributed by atoms with van der Waals surface area (Å²) in [5.41, 5.74) is 5.24. The van der Waals surface area contributed by atoms with Crippen molar-refractivity contribution in [3.05, 3.63) is 0 Å². The Morgan fingerprint density at radius 3 is 2.56 bits per heavy atom. The van der Waals surface area contributed by atoms with E-state index in [9.17, 15) is 9.59 Å². The SMILES string of the molecule is CN1CCN(C)C(CNC(=O)C(=O)NCCN)C1. The Morgan fingerprint density at radius 1 is 1.22 bits per heavy atom. The van der Waals surface area contributed by atoms with Gasteiger partial charge in [-0.3, -0.25) is 14.5 Å². The summed E-state index contributed by atoms with van der Waals surface area (Å²) in [6, 6.07) is 0.245. The van der Waals surface area contributed by atoms with Crippen LogP contribution in [0.15, 0.2) is 0 Å². The lowest BCUT2D eigenvalue weighted by Gasteiger charge is -2.37. The molecule has 1 unspecified atom stereocenters. The lowest BCUT2D eigenvalue weighted by atomic mass is 10.2. The van der Waals surface area contributed by atoms with E-state index in [1.165, 1.54) is 0 Å². The van der Waals surface area contributed by atoms with Gasteiger partial charge in [0, 0.05) is 45.3 Å². The minimum absolute atomic E-state index is 0.245. The first-order chi connectivity index (χ1) is 8.54. The summed E-state index contributed by atoms with van der Waals surface area (Å²) in [6.45, 7) is 4.01. The number of carbonyl (C=O) groups excluding carboxylic acids is 2. The molecule has 0 aromatic heterocycles. The summed E-state index contributed by atoms with van der Waals surface area (Å²) < 4.78 is 0. The zero-order valence-corrected chi connectivity index (χ0v) is 11.1. The van der Waals surface area contributed by atoms with E-state index in [0.29, 0.717) is 19.6 Å². The first-order valence-electron chi connectivity index (χ1n) is 6.19. The minimum atomic E-state index is -0.618. The Kier molecular flexibility index (Phi) is 6.03. The van der Waals surface area contributed by atoms with Crippen LogP contribution in [-0.2, 0) is 9.59 Å². The fourth-order valence-corrected chi connectivity index (χ4v) is 1.88. The molecule has 0 bridgehead atoms. The molecule has 7 nitrogen and oxygen atoms in total. The van der Waals surface area contributed by atoms with E-state index in [0.717, 1.165) is 19.6 Å². The fraction of sp³-hybridized carbons (Fsp3) is 0.818. The number of rotatable bonds is 4. The number of nitrogens with one attached hydrogen (secondary N) is 2. The number of nitrogens with two attached hydrogens (primary N) is 1. The highest BCUT2D eigenvalue weighted by Crippen LogP contribution is 2.04. The van der Waals surface area contributed by atoms with Gasteiger partial charge in [0.15, 0.2) is 0 Å². The number of piperazine rings is 1. The molecule has 2 amide bonds. The Hall–Kier alpha value is -1.18. The smallest absolute Gasteiger partial charge is 0.309 e. The first-order valence-corrected chi connectivity index (χ1v) is 6.19. The van der Waals surface area contributed by atoms with Gasteiger partial charge in [-0.1, -0.05) is 0 Å². The highest BCUT2D eigenvalue weighted by Gasteiger charge is 2.23. The predicted octanol–water partition coefficient (Wildman–Crippen LogP) is -2.58. The van der Waals surface area contributed by atoms with Crippen molar-refractivity contribution in [3.8, 4) is 0 Å². The average molecular weight is 257 g/mol. The number of carbonyl (C=O) groups is 2. The molecule has 1 heterocycles. The maximum Gasteiger partial charge on any atom is 0.309 e. The molecule has 0 spiro atoms. The van der Waals surface area contributed by atoms with E-state index < -0.39 is 11.8 Å². The third kappa shape index (κ3) is 4.59. The van der Waals surface area contributed by atoms with E-state index >= 15 is 0 Å². The lowest BCUT2D eigenvalue weighted by Crippen LogP contribution is -2.55. The molecule has 18 heavy (non-hydrogen) atoms.